The Morgan fingerprint density at radius 3 is 2.68 bits per heavy atom. The molecule has 1 saturated carbocycles. The number of thioether (sulfide) groups is 1. The van der Waals surface area contributed by atoms with Crippen molar-refractivity contribution in [3.8, 4) is 0 Å². The molecular formula is C22H26FN3OS. The lowest BCUT2D eigenvalue weighted by Gasteiger charge is -2.28. The van der Waals surface area contributed by atoms with Crippen LogP contribution in [-0.2, 0) is 0 Å². The first-order chi connectivity index (χ1) is 13.2. The number of rotatable bonds is 3. The molecule has 28 heavy (non-hydrogen) atoms. The highest BCUT2D eigenvalue weighted by Gasteiger charge is 2.42. The zero-order chi connectivity index (χ0) is 18.4. The normalized spacial score (nSPS) is 22.5. The summed E-state index contributed by atoms with van der Waals surface area (Å²) in [5, 5.41) is 3.34. The Balaban J connectivity index is 0.00000192. The van der Waals surface area contributed by atoms with E-state index in [0.29, 0.717) is 23.2 Å². The van der Waals surface area contributed by atoms with Crippen LogP contribution in [0.4, 0.5) is 15.8 Å². The van der Waals surface area contributed by atoms with Gasteiger partial charge in [-0.05, 0) is 60.4 Å². The van der Waals surface area contributed by atoms with Crippen LogP contribution in [0.2, 0.25) is 0 Å². The van der Waals surface area contributed by atoms with Crippen molar-refractivity contribution in [2.75, 3.05) is 29.9 Å². The number of hydrogen-bond donors (Lipinski definition) is 1. The highest BCUT2D eigenvalue weighted by molar-refractivity contribution is 7.99. The van der Waals surface area contributed by atoms with Gasteiger partial charge in [-0.3, -0.25) is 4.79 Å². The van der Waals surface area contributed by atoms with Gasteiger partial charge in [-0.25, -0.2) is 9.37 Å². The highest BCUT2D eigenvalue weighted by atomic mass is 32.2. The Morgan fingerprint density at radius 2 is 1.93 bits per heavy atom. The Hall–Kier alpha value is -2.08. The third-order valence-corrected chi connectivity index (χ3v) is 6.95. The molecular weight excluding hydrogens is 373 g/mol. The maximum absolute atomic E-state index is 13.6. The smallest absolute Gasteiger partial charge is 0.272 e. The summed E-state index contributed by atoms with van der Waals surface area (Å²) < 4.78 is 13.6. The van der Waals surface area contributed by atoms with Crippen molar-refractivity contribution in [3.63, 3.8) is 0 Å². The molecule has 5 rings (SSSR count). The molecule has 2 heterocycles. The predicted molar refractivity (Wildman–Crippen MR) is 113 cm³/mol. The molecule has 3 aliphatic rings. The van der Waals surface area contributed by atoms with E-state index in [1.807, 2.05) is 22.7 Å². The number of anilines is 2. The van der Waals surface area contributed by atoms with Crippen molar-refractivity contribution in [2.24, 2.45) is 0 Å². The minimum absolute atomic E-state index is 0. The van der Waals surface area contributed by atoms with E-state index < -0.39 is 0 Å². The zero-order valence-corrected chi connectivity index (χ0v) is 15.9. The van der Waals surface area contributed by atoms with Crippen molar-refractivity contribution >= 4 is 29.0 Å². The Labute approximate surface area is 169 Å². The average Bonchev–Trinajstić information content (AvgIpc) is 3.31. The summed E-state index contributed by atoms with van der Waals surface area (Å²) in [5.74, 6) is 2.73. The van der Waals surface area contributed by atoms with Crippen molar-refractivity contribution in [1.29, 1.82) is 0 Å². The van der Waals surface area contributed by atoms with E-state index >= 15 is 0 Å². The summed E-state index contributed by atoms with van der Waals surface area (Å²) in [6.45, 7) is 1.61. The van der Waals surface area contributed by atoms with Gasteiger partial charge in [0.05, 0.1) is 11.9 Å². The molecule has 0 spiro atoms. The molecule has 1 saturated heterocycles. The molecule has 6 heteroatoms. The Kier molecular flexibility index (Phi) is 5.32. The van der Waals surface area contributed by atoms with Crippen LogP contribution < -0.4 is 5.32 Å². The van der Waals surface area contributed by atoms with E-state index in [1.54, 1.807) is 12.3 Å². The first kappa shape index (κ1) is 19.2. The van der Waals surface area contributed by atoms with Crippen LogP contribution in [0.5, 0.6) is 0 Å². The molecule has 1 N–H and O–H groups in total. The largest absolute Gasteiger partial charge is 0.354 e. The lowest BCUT2D eigenvalue weighted by molar-refractivity contribution is 0.0764. The van der Waals surface area contributed by atoms with Gasteiger partial charge in [-0.1, -0.05) is 13.5 Å². The number of benzene rings is 1. The Morgan fingerprint density at radius 1 is 1.18 bits per heavy atom. The second-order valence-electron chi connectivity index (χ2n) is 7.59. The first-order valence-electron chi connectivity index (χ1n) is 9.63. The summed E-state index contributed by atoms with van der Waals surface area (Å²) in [5.41, 5.74) is 4.67. The standard InChI is InChI=1S/C21H22FN3OS.CH4/c22-15-2-1-3-16(11-15)24-17-12-23-20(21(26)25-6-8-27-9-7-25)19-14-5-4-13(10-14)18(17)19;/h1-3,11-14,24H,4-10H2;1H4. The van der Waals surface area contributed by atoms with Crippen LogP contribution in [0.25, 0.3) is 0 Å². The van der Waals surface area contributed by atoms with Gasteiger partial charge in [-0.2, -0.15) is 11.8 Å². The number of fused-ring (bicyclic) bond motifs is 5. The number of carbonyl (C=O) groups is 1. The fraction of sp³-hybridized carbons (Fsp3) is 0.455. The summed E-state index contributed by atoms with van der Waals surface area (Å²) in [6, 6.07) is 6.48. The number of carbonyl (C=O) groups excluding carboxylic acids is 1. The molecule has 0 radical (unpaired) electrons. The van der Waals surface area contributed by atoms with E-state index in [0.717, 1.165) is 55.1 Å². The van der Waals surface area contributed by atoms with Gasteiger partial charge in [0.2, 0.25) is 0 Å². The lowest BCUT2D eigenvalue weighted by Crippen LogP contribution is -2.39. The molecule has 1 aliphatic heterocycles. The zero-order valence-electron chi connectivity index (χ0n) is 15.1. The topological polar surface area (TPSA) is 45.2 Å². The van der Waals surface area contributed by atoms with Crippen LogP contribution in [0.15, 0.2) is 30.5 Å². The van der Waals surface area contributed by atoms with Gasteiger partial charge >= 0.3 is 0 Å². The van der Waals surface area contributed by atoms with Crippen molar-refractivity contribution in [1.82, 2.24) is 9.88 Å². The van der Waals surface area contributed by atoms with E-state index in [2.05, 4.69) is 10.3 Å². The minimum atomic E-state index is -0.263. The Bertz CT molecular complexity index is 897. The fourth-order valence-electron chi connectivity index (χ4n) is 4.81. The molecule has 2 atom stereocenters. The van der Waals surface area contributed by atoms with Crippen molar-refractivity contribution < 1.29 is 9.18 Å². The van der Waals surface area contributed by atoms with Crippen LogP contribution in [-0.4, -0.2) is 40.4 Å². The summed E-state index contributed by atoms with van der Waals surface area (Å²) >= 11 is 1.90. The first-order valence-corrected chi connectivity index (χ1v) is 10.8. The molecule has 1 aromatic heterocycles. The van der Waals surface area contributed by atoms with Crippen LogP contribution in [0.3, 0.4) is 0 Å². The average molecular weight is 400 g/mol. The highest BCUT2D eigenvalue weighted by Crippen LogP contribution is 2.56. The van der Waals surface area contributed by atoms with Gasteiger partial charge in [-0.15, -0.1) is 0 Å². The molecule has 1 aromatic carbocycles. The van der Waals surface area contributed by atoms with Gasteiger partial charge in [0.1, 0.15) is 11.5 Å². The monoisotopic (exact) mass is 399 g/mol. The van der Waals surface area contributed by atoms with Gasteiger partial charge in [0, 0.05) is 30.3 Å². The molecule has 2 aliphatic carbocycles. The quantitative estimate of drug-likeness (QED) is 0.775. The van der Waals surface area contributed by atoms with Crippen LogP contribution in [0.1, 0.15) is 60.1 Å². The molecule has 2 unspecified atom stereocenters. The fourth-order valence-corrected chi connectivity index (χ4v) is 5.71. The molecule has 2 fully saturated rings. The van der Waals surface area contributed by atoms with E-state index in [-0.39, 0.29) is 19.2 Å². The van der Waals surface area contributed by atoms with Gasteiger partial charge < -0.3 is 10.2 Å². The summed E-state index contributed by atoms with van der Waals surface area (Å²) in [6.07, 6.45) is 5.18. The third-order valence-electron chi connectivity index (χ3n) is 6.01. The van der Waals surface area contributed by atoms with E-state index in [4.69, 9.17) is 0 Å². The number of hydrogen-bond acceptors (Lipinski definition) is 4. The number of halogens is 1. The molecule has 4 nitrogen and oxygen atoms in total. The maximum Gasteiger partial charge on any atom is 0.272 e. The second-order valence-corrected chi connectivity index (χ2v) is 8.82. The number of amides is 1. The molecule has 148 valence electrons. The minimum Gasteiger partial charge on any atom is -0.354 e. The predicted octanol–water partition coefficient (Wildman–Crippen LogP) is 5.15. The summed E-state index contributed by atoms with van der Waals surface area (Å²) in [4.78, 5) is 19.7. The number of pyridine rings is 1. The summed E-state index contributed by atoms with van der Waals surface area (Å²) in [7, 11) is 0. The van der Waals surface area contributed by atoms with Crippen LogP contribution >= 0.6 is 11.8 Å². The lowest BCUT2D eigenvalue weighted by atomic mass is 9.89. The SMILES string of the molecule is C.O=C(c1ncc(Nc2cccc(F)c2)c2c1C1CCC2C1)N1CCSCC1. The van der Waals surface area contributed by atoms with Crippen LogP contribution in [0, 0.1) is 5.82 Å². The van der Waals surface area contributed by atoms with E-state index in [9.17, 15) is 9.18 Å². The maximum atomic E-state index is 13.6. The number of nitrogens with one attached hydrogen (secondary N) is 1. The van der Waals surface area contributed by atoms with Crippen molar-refractivity contribution in [2.45, 2.75) is 38.5 Å². The number of aromatic nitrogens is 1. The van der Waals surface area contributed by atoms with Gasteiger partial charge in [0.25, 0.3) is 5.91 Å². The molecule has 2 bridgehead atoms. The second kappa shape index (κ2) is 7.74. The third kappa shape index (κ3) is 3.28. The molecule has 2 aromatic rings. The van der Waals surface area contributed by atoms with Gasteiger partial charge in [0.15, 0.2) is 0 Å². The molecule has 1 amide bonds. The van der Waals surface area contributed by atoms with E-state index in [1.165, 1.54) is 17.7 Å². The number of nitrogens with zero attached hydrogens (tertiary/aromatic N) is 2. The van der Waals surface area contributed by atoms with Crippen molar-refractivity contribution in [3.05, 3.63) is 53.1 Å².